The molecule has 0 atom stereocenters. The van der Waals surface area contributed by atoms with Gasteiger partial charge in [0, 0.05) is 5.56 Å². The van der Waals surface area contributed by atoms with Crippen LogP contribution in [0.3, 0.4) is 0 Å². The third kappa shape index (κ3) is 2.82. The Morgan fingerprint density at radius 1 is 1.31 bits per heavy atom. The van der Waals surface area contributed by atoms with Gasteiger partial charge in [-0.15, -0.1) is 0 Å². The topological polar surface area (TPSA) is 29.5 Å². The Kier molecular flexibility index (Phi) is 2.96. The van der Waals surface area contributed by atoms with Gasteiger partial charge in [-0.1, -0.05) is 6.58 Å². The van der Waals surface area contributed by atoms with Crippen molar-refractivity contribution in [2.75, 3.05) is 0 Å². The van der Waals surface area contributed by atoms with Crippen LogP contribution >= 0.6 is 0 Å². The fraction of sp³-hybridized carbons (Fsp3) is 0.273. The molecule has 0 aliphatic heterocycles. The number of phenolic OH excluding ortho intramolecular Hbond substituents is 1. The number of hydrogen-bond donors (Lipinski definition) is 1. The zero-order chi connectivity index (χ0) is 9.84. The Labute approximate surface area is 78.5 Å². The van der Waals surface area contributed by atoms with Crippen LogP contribution in [0, 0.1) is 0 Å². The quantitative estimate of drug-likeness (QED) is 0.721. The number of phenols is 1. The summed E-state index contributed by atoms with van der Waals surface area (Å²) in [6, 6.07) is 6.79. The number of ether oxygens (including phenoxy) is 1. The number of benzene rings is 1. The Hall–Kier alpha value is -1.44. The summed E-state index contributed by atoms with van der Waals surface area (Å²) in [5.74, 6) is 0.885. The molecule has 0 unspecified atom stereocenters. The predicted octanol–water partition coefficient (Wildman–Crippen LogP) is 2.79. The van der Waals surface area contributed by atoms with Crippen LogP contribution in [0.5, 0.6) is 5.75 Å². The molecular formula is C11H14O2. The van der Waals surface area contributed by atoms with Gasteiger partial charge in [-0.2, -0.15) is 0 Å². The predicted molar refractivity (Wildman–Crippen MR) is 53.4 cm³/mol. The summed E-state index contributed by atoms with van der Waals surface area (Å²) in [6.07, 6.45) is 0.126. The Bertz CT molecular complexity index is 285. The minimum atomic E-state index is 0.126. The zero-order valence-corrected chi connectivity index (χ0v) is 7.95. The van der Waals surface area contributed by atoms with Crippen LogP contribution < -0.4 is 0 Å². The molecule has 70 valence electrons. The smallest absolute Gasteiger partial charge is 0.119 e. The Morgan fingerprint density at radius 3 is 2.31 bits per heavy atom. The molecule has 0 spiro atoms. The third-order valence-electron chi connectivity index (χ3n) is 1.57. The van der Waals surface area contributed by atoms with E-state index in [1.807, 2.05) is 13.8 Å². The van der Waals surface area contributed by atoms with Crippen molar-refractivity contribution in [2.24, 2.45) is 0 Å². The molecule has 0 bridgehead atoms. The second-order valence-corrected chi connectivity index (χ2v) is 3.14. The van der Waals surface area contributed by atoms with Crippen LogP contribution in [0.15, 0.2) is 30.8 Å². The molecule has 2 heteroatoms. The highest BCUT2D eigenvalue weighted by Crippen LogP contribution is 2.18. The molecule has 1 aromatic rings. The van der Waals surface area contributed by atoms with Gasteiger partial charge < -0.3 is 9.84 Å². The molecule has 0 saturated carbocycles. The average Bonchev–Trinajstić information content (AvgIpc) is 2.04. The van der Waals surface area contributed by atoms with E-state index in [2.05, 4.69) is 6.58 Å². The van der Waals surface area contributed by atoms with E-state index in [9.17, 15) is 0 Å². The van der Waals surface area contributed by atoms with E-state index >= 15 is 0 Å². The maximum Gasteiger partial charge on any atom is 0.119 e. The van der Waals surface area contributed by atoms with Gasteiger partial charge in [-0.25, -0.2) is 0 Å². The minimum Gasteiger partial charge on any atom is -0.508 e. The molecule has 0 heterocycles. The second kappa shape index (κ2) is 3.99. The van der Waals surface area contributed by atoms with Crippen LogP contribution in [0.1, 0.15) is 19.4 Å². The van der Waals surface area contributed by atoms with Gasteiger partial charge in [-0.3, -0.25) is 0 Å². The molecule has 1 aromatic carbocycles. The van der Waals surface area contributed by atoms with E-state index in [1.165, 1.54) is 0 Å². The lowest BCUT2D eigenvalue weighted by molar-refractivity contribution is 0.205. The Morgan fingerprint density at radius 2 is 1.85 bits per heavy atom. The van der Waals surface area contributed by atoms with Gasteiger partial charge in [0.25, 0.3) is 0 Å². The first-order valence-corrected chi connectivity index (χ1v) is 4.24. The van der Waals surface area contributed by atoms with E-state index in [4.69, 9.17) is 9.84 Å². The summed E-state index contributed by atoms with van der Waals surface area (Å²) in [5, 5.41) is 9.05. The van der Waals surface area contributed by atoms with Crippen molar-refractivity contribution in [1.82, 2.24) is 0 Å². The fourth-order valence-electron chi connectivity index (χ4n) is 1.000. The highest BCUT2D eigenvalue weighted by Gasteiger charge is 2.01. The number of aromatic hydroxyl groups is 1. The van der Waals surface area contributed by atoms with Crippen molar-refractivity contribution in [3.63, 3.8) is 0 Å². The number of hydrogen-bond acceptors (Lipinski definition) is 2. The molecular weight excluding hydrogens is 164 g/mol. The van der Waals surface area contributed by atoms with Gasteiger partial charge in [0.15, 0.2) is 0 Å². The summed E-state index contributed by atoms with van der Waals surface area (Å²) in [5.41, 5.74) is 0.895. The number of rotatable bonds is 3. The summed E-state index contributed by atoms with van der Waals surface area (Å²) in [7, 11) is 0. The Balaban J connectivity index is 2.72. The van der Waals surface area contributed by atoms with E-state index < -0.39 is 0 Å². The second-order valence-electron chi connectivity index (χ2n) is 3.14. The van der Waals surface area contributed by atoms with Crippen LogP contribution in [0.4, 0.5) is 0 Å². The van der Waals surface area contributed by atoms with Crippen LogP contribution in [-0.2, 0) is 4.74 Å². The molecule has 0 saturated heterocycles. The van der Waals surface area contributed by atoms with Gasteiger partial charge in [0.1, 0.15) is 11.5 Å². The lowest BCUT2D eigenvalue weighted by Crippen LogP contribution is -2.00. The van der Waals surface area contributed by atoms with Gasteiger partial charge in [0.2, 0.25) is 0 Å². The van der Waals surface area contributed by atoms with E-state index in [0.717, 1.165) is 5.56 Å². The molecule has 0 aromatic heterocycles. The zero-order valence-electron chi connectivity index (χ0n) is 7.95. The highest BCUT2D eigenvalue weighted by molar-refractivity contribution is 5.58. The summed E-state index contributed by atoms with van der Waals surface area (Å²) < 4.78 is 5.40. The SMILES string of the molecule is C=C(OC(C)C)c1ccc(O)cc1. The summed E-state index contributed by atoms with van der Waals surface area (Å²) >= 11 is 0. The fourth-order valence-corrected chi connectivity index (χ4v) is 1.000. The molecule has 1 rings (SSSR count). The van der Waals surface area contributed by atoms with E-state index in [0.29, 0.717) is 5.76 Å². The van der Waals surface area contributed by atoms with E-state index in [-0.39, 0.29) is 11.9 Å². The molecule has 0 aliphatic rings. The molecule has 0 fully saturated rings. The molecule has 0 amide bonds. The minimum absolute atomic E-state index is 0.126. The monoisotopic (exact) mass is 178 g/mol. The summed E-state index contributed by atoms with van der Waals surface area (Å²) in [4.78, 5) is 0. The molecule has 0 radical (unpaired) electrons. The van der Waals surface area contributed by atoms with Gasteiger partial charge in [-0.05, 0) is 38.1 Å². The van der Waals surface area contributed by atoms with Crippen LogP contribution in [0.2, 0.25) is 0 Å². The van der Waals surface area contributed by atoms with Crippen molar-refractivity contribution in [3.05, 3.63) is 36.4 Å². The van der Waals surface area contributed by atoms with Crippen LogP contribution in [-0.4, -0.2) is 11.2 Å². The standard InChI is InChI=1S/C11H14O2/c1-8(2)13-9(3)10-4-6-11(12)7-5-10/h4-8,12H,3H2,1-2H3. The normalized spacial score (nSPS) is 10.1. The summed E-state index contributed by atoms with van der Waals surface area (Å²) in [6.45, 7) is 7.69. The van der Waals surface area contributed by atoms with Crippen LogP contribution in [0.25, 0.3) is 5.76 Å². The van der Waals surface area contributed by atoms with Crippen molar-refractivity contribution in [3.8, 4) is 5.75 Å². The van der Waals surface area contributed by atoms with Crippen molar-refractivity contribution < 1.29 is 9.84 Å². The first-order valence-electron chi connectivity index (χ1n) is 4.24. The molecule has 1 N–H and O–H groups in total. The largest absolute Gasteiger partial charge is 0.508 e. The van der Waals surface area contributed by atoms with Crippen molar-refractivity contribution in [2.45, 2.75) is 20.0 Å². The van der Waals surface area contributed by atoms with E-state index in [1.54, 1.807) is 24.3 Å². The highest BCUT2D eigenvalue weighted by atomic mass is 16.5. The van der Waals surface area contributed by atoms with Gasteiger partial charge in [0.05, 0.1) is 6.10 Å². The molecule has 2 nitrogen and oxygen atoms in total. The molecule has 13 heavy (non-hydrogen) atoms. The first-order chi connectivity index (χ1) is 6.09. The lowest BCUT2D eigenvalue weighted by Gasteiger charge is -2.12. The average molecular weight is 178 g/mol. The lowest BCUT2D eigenvalue weighted by atomic mass is 10.2. The maximum atomic E-state index is 9.05. The maximum absolute atomic E-state index is 9.05. The van der Waals surface area contributed by atoms with Gasteiger partial charge >= 0.3 is 0 Å². The third-order valence-corrected chi connectivity index (χ3v) is 1.57. The van der Waals surface area contributed by atoms with Crippen molar-refractivity contribution in [1.29, 1.82) is 0 Å². The first kappa shape index (κ1) is 9.65. The molecule has 0 aliphatic carbocycles. The van der Waals surface area contributed by atoms with Crippen molar-refractivity contribution >= 4 is 5.76 Å².